The summed E-state index contributed by atoms with van der Waals surface area (Å²) in [5.74, 6) is 0.940. The van der Waals surface area contributed by atoms with Gasteiger partial charge in [0, 0.05) is 0 Å². The Morgan fingerprint density at radius 3 is 2.40 bits per heavy atom. The lowest BCUT2D eigenvalue weighted by atomic mass is 10.1. The lowest BCUT2D eigenvalue weighted by Gasteiger charge is -2.12. The predicted octanol–water partition coefficient (Wildman–Crippen LogP) is 4.31. The molecule has 3 rings (SSSR count). The highest BCUT2D eigenvalue weighted by atomic mass is 35.5. The van der Waals surface area contributed by atoms with Crippen molar-refractivity contribution in [3.05, 3.63) is 71.2 Å². The summed E-state index contributed by atoms with van der Waals surface area (Å²) in [7, 11) is 1.56. The summed E-state index contributed by atoms with van der Waals surface area (Å²) in [5, 5.41) is 5.40. The maximum absolute atomic E-state index is 12.5. The summed E-state index contributed by atoms with van der Waals surface area (Å²) >= 11 is 6.03. The molecule has 3 aromatic rings. The van der Waals surface area contributed by atoms with E-state index >= 15 is 0 Å². The number of methoxy groups -OCH3 is 1. The van der Waals surface area contributed by atoms with Gasteiger partial charge in [0.1, 0.15) is 18.1 Å². The highest BCUT2D eigenvalue weighted by Gasteiger charge is 2.13. The van der Waals surface area contributed by atoms with E-state index in [4.69, 9.17) is 21.1 Å². The fourth-order valence-corrected chi connectivity index (χ4v) is 2.74. The third-order valence-electron chi connectivity index (χ3n) is 3.79. The first kappa shape index (κ1) is 17.1. The van der Waals surface area contributed by atoms with Crippen LogP contribution in [0.3, 0.4) is 0 Å². The van der Waals surface area contributed by atoms with Crippen LogP contribution >= 0.6 is 11.6 Å². The van der Waals surface area contributed by atoms with E-state index in [9.17, 15) is 4.79 Å². The van der Waals surface area contributed by atoms with Crippen molar-refractivity contribution < 1.29 is 14.3 Å². The quantitative estimate of drug-likeness (QED) is 0.670. The summed E-state index contributed by atoms with van der Waals surface area (Å²) in [4.78, 5) is 12.5. The molecule has 0 atom stereocenters. The topological polar surface area (TPSA) is 47.6 Å². The van der Waals surface area contributed by atoms with E-state index in [1.54, 1.807) is 19.2 Å². The Morgan fingerprint density at radius 1 is 1.00 bits per heavy atom. The second kappa shape index (κ2) is 7.90. The smallest absolute Gasteiger partial charge is 0.255 e. The second-order valence-corrected chi connectivity index (χ2v) is 5.84. The average molecular weight is 356 g/mol. The van der Waals surface area contributed by atoms with Crippen LogP contribution in [0.1, 0.15) is 10.4 Å². The van der Waals surface area contributed by atoms with Gasteiger partial charge in [-0.05, 0) is 35.0 Å². The van der Waals surface area contributed by atoms with Crippen molar-refractivity contribution in [2.45, 2.75) is 0 Å². The molecular formula is C20H18ClNO3. The minimum absolute atomic E-state index is 0.203. The van der Waals surface area contributed by atoms with Gasteiger partial charge in [-0.3, -0.25) is 4.79 Å². The number of amides is 1. The first-order valence-corrected chi connectivity index (χ1v) is 8.29. The molecule has 3 aromatic carbocycles. The highest BCUT2D eigenvalue weighted by molar-refractivity contribution is 6.32. The Morgan fingerprint density at radius 2 is 1.68 bits per heavy atom. The number of rotatable bonds is 6. The number of nitrogens with one attached hydrogen (secondary N) is 1. The van der Waals surface area contributed by atoms with Gasteiger partial charge in [-0.15, -0.1) is 0 Å². The van der Waals surface area contributed by atoms with Crippen molar-refractivity contribution in [2.75, 3.05) is 20.3 Å². The minimum Gasteiger partial charge on any atom is -0.496 e. The molecule has 0 aliphatic heterocycles. The monoisotopic (exact) mass is 355 g/mol. The summed E-state index contributed by atoms with van der Waals surface area (Å²) in [6.45, 7) is 0.686. The van der Waals surface area contributed by atoms with E-state index in [0.29, 0.717) is 35.2 Å². The molecule has 0 aliphatic rings. The minimum atomic E-state index is -0.203. The largest absolute Gasteiger partial charge is 0.496 e. The molecule has 0 fully saturated rings. The van der Waals surface area contributed by atoms with Crippen molar-refractivity contribution in [2.24, 2.45) is 0 Å². The van der Waals surface area contributed by atoms with E-state index in [-0.39, 0.29) is 5.91 Å². The molecule has 1 amide bonds. The predicted molar refractivity (Wildman–Crippen MR) is 99.8 cm³/mol. The lowest BCUT2D eigenvalue weighted by Crippen LogP contribution is -2.28. The molecule has 0 saturated heterocycles. The molecule has 0 spiro atoms. The molecule has 4 nitrogen and oxygen atoms in total. The number of carbonyl (C=O) groups is 1. The summed E-state index contributed by atoms with van der Waals surface area (Å²) in [5.41, 5.74) is 0.499. The Bertz CT molecular complexity index is 895. The molecule has 0 unspecified atom stereocenters. The van der Waals surface area contributed by atoms with E-state index < -0.39 is 0 Å². The molecule has 25 heavy (non-hydrogen) atoms. The first-order valence-electron chi connectivity index (χ1n) is 7.91. The van der Waals surface area contributed by atoms with Crippen molar-refractivity contribution in [1.29, 1.82) is 0 Å². The van der Waals surface area contributed by atoms with E-state index in [1.807, 2.05) is 48.5 Å². The van der Waals surface area contributed by atoms with Crippen LogP contribution in [0.2, 0.25) is 5.02 Å². The molecule has 0 radical (unpaired) electrons. The van der Waals surface area contributed by atoms with Crippen molar-refractivity contribution >= 4 is 28.3 Å². The zero-order chi connectivity index (χ0) is 17.6. The zero-order valence-electron chi connectivity index (χ0n) is 13.8. The SMILES string of the molecule is COc1cc2ccccc2cc1C(=O)NCCOc1ccccc1Cl. The van der Waals surface area contributed by atoms with E-state index in [0.717, 1.165) is 10.8 Å². The number of ether oxygens (including phenoxy) is 2. The number of benzene rings is 3. The van der Waals surface area contributed by atoms with Gasteiger partial charge in [-0.1, -0.05) is 48.0 Å². The molecule has 128 valence electrons. The molecule has 1 N–H and O–H groups in total. The van der Waals surface area contributed by atoms with Gasteiger partial charge in [-0.25, -0.2) is 0 Å². The number of hydrogen-bond acceptors (Lipinski definition) is 3. The number of carbonyl (C=O) groups excluding carboxylic acids is 1. The Kier molecular flexibility index (Phi) is 5.41. The second-order valence-electron chi connectivity index (χ2n) is 5.43. The van der Waals surface area contributed by atoms with Crippen LogP contribution in [-0.4, -0.2) is 26.2 Å². The third-order valence-corrected chi connectivity index (χ3v) is 4.11. The molecule has 5 heteroatoms. The lowest BCUT2D eigenvalue weighted by molar-refractivity contribution is 0.0944. The molecule has 0 aromatic heterocycles. The molecule has 0 heterocycles. The highest BCUT2D eigenvalue weighted by Crippen LogP contribution is 2.26. The Labute approximate surface area is 151 Å². The maximum atomic E-state index is 12.5. The fourth-order valence-electron chi connectivity index (χ4n) is 2.55. The summed E-state index contributed by atoms with van der Waals surface area (Å²) in [6.07, 6.45) is 0. The molecule has 0 saturated carbocycles. The molecular weight excluding hydrogens is 338 g/mol. The fraction of sp³-hybridized carbons (Fsp3) is 0.150. The summed E-state index contributed by atoms with van der Waals surface area (Å²) < 4.78 is 10.9. The van der Waals surface area contributed by atoms with Crippen LogP contribution in [0.25, 0.3) is 10.8 Å². The molecule has 0 bridgehead atoms. The van der Waals surface area contributed by atoms with Gasteiger partial charge in [0.2, 0.25) is 0 Å². The van der Waals surface area contributed by atoms with Crippen LogP contribution in [0.5, 0.6) is 11.5 Å². The van der Waals surface area contributed by atoms with Crippen molar-refractivity contribution in [1.82, 2.24) is 5.32 Å². The van der Waals surface area contributed by atoms with Gasteiger partial charge in [0.25, 0.3) is 5.91 Å². The normalized spacial score (nSPS) is 10.5. The zero-order valence-corrected chi connectivity index (χ0v) is 14.5. The van der Waals surface area contributed by atoms with Crippen LogP contribution in [0.4, 0.5) is 0 Å². The number of hydrogen-bond donors (Lipinski definition) is 1. The van der Waals surface area contributed by atoms with Gasteiger partial charge in [0.05, 0.1) is 24.2 Å². The third kappa shape index (κ3) is 4.03. The van der Waals surface area contributed by atoms with Crippen molar-refractivity contribution in [3.63, 3.8) is 0 Å². The average Bonchev–Trinajstić information content (AvgIpc) is 2.65. The Balaban J connectivity index is 1.65. The Hall–Kier alpha value is -2.72. The van der Waals surface area contributed by atoms with Crippen LogP contribution in [0.15, 0.2) is 60.7 Å². The standard InChI is InChI=1S/C20H18ClNO3/c1-24-19-13-15-7-3-2-6-14(15)12-16(19)20(23)22-10-11-25-18-9-5-4-8-17(18)21/h2-9,12-13H,10-11H2,1H3,(H,22,23). The number of fused-ring (bicyclic) bond motifs is 1. The van der Waals surface area contributed by atoms with Crippen LogP contribution in [0, 0.1) is 0 Å². The van der Waals surface area contributed by atoms with E-state index in [1.165, 1.54) is 0 Å². The van der Waals surface area contributed by atoms with Gasteiger partial charge >= 0.3 is 0 Å². The number of para-hydroxylation sites is 1. The maximum Gasteiger partial charge on any atom is 0.255 e. The molecule has 0 aliphatic carbocycles. The van der Waals surface area contributed by atoms with Gasteiger partial charge in [-0.2, -0.15) is 0 Å². The van der Waals surface area contributed by atoms with Gasteiger partial charge < -0.3 is 14.8 Å². The summed E-state index contributed by atoms with van der Waals surface area (Å²) in [6, 6.07) is 18.8. The van der Waals surface area contributed by atoms with Crippen LogP contribution < -0.4 is 14.8 Å². The van der Waals surface area contributed by atoms with Crippen molar-refractivity contribution in [3.8, 4) is 11.5 Å². The number of halogens is 1. The van der Waals surface area contributed by atoms with Gasteiger partial charge in [0.15, 0.2) is 0 Å². The first-order chi connectivity index (χ1) is 12.2. The van der Waals surface area contributed by atoms with Crippen LogP contribution in [-0.2, 0) is 0 Å². The van der Waals surface area contributed by atoms with E-state index in [2.05, 4.69) is 5.32 Å².